The van der Waals surface area contributed by atoms with Crippen molar-refractivity contribution in [3.8, 4) is 5.75 Å². The lowest BCUT2D eigenvalue weighted by Gasteiger charge is -2.07. The standard InChI is InChI=1S/C15H14N4O2/c1-11-7-14-16-8-12(9-19(14)18-11)17-15(20)10-21-13-5-3-2-4-6-13/h2-9H,10H2,1H3,(H,17,20). The van der Waals surface area contributed by atoms with Gasteiger partial charge in [-0.05, 0) is 19.1 Å². The lowest BCUT2D eigenvalue weighted by atomic mass is 10.3. The van der Waals surface area contributed by atoms with Crippen molar-refractivity contribution in [2.45, 2.75) is 6.92 Å². The highest BCUT2D eigenvalue weighted by molar-refractivity contribution is 5.91. The van der Waals surface area contributed by atoms with E-state index in [-0.39, 0.29) is 12.5 Å². The molecule has 0 spiro atoms. The van der Waals surface area contributed by atoms with E-state index < -0.39 is 0 Å². The van der Waals surface area contributed by atoms with Gasteiger partial charge in [-0.3, -0.25) is 4.79 Å². The molecule has 3 rings (SSSR count). The molecule has 0 fully saturated rings. The van der Waals surface area contributed by atoms with Gasteiger partial charge in [0, 0.05) is 6.07 Å². The molecule has 2 aromatic heterocycles. The van der Waals surface area contributed by atoms with E-state index in [1.54, 1.807) is 29.0 Å². The summed E-state index contributed by atoms with van der Waals surface area (Å²) >= 11 is 0. The molecule has 106 valence electrons. The molecule has 1 N–H and O–H groups in total. The number of ether oxygens (including phenoxy) is 1. The fourth-order valence-electron chi connectivity index (χ4n) is 1.92. The summed E-state index contributed by atoms with van der Waals surface area (Å²) in [6.07, 6.45) is 3.31. The summed E-state index contributed by atoms with van der Waals surface area (Å²) in [5.74, 6) is 0.410. The van der Waals surface area contributed by atoms with E-state index in [1.165, 1.54) is 0 Å². The molecule has 0 radical (unpaired) electrons. The molecule has 0 saturated carbocycles. The summed E-state index contributed by atoms with van der Waals surface area (Å²) in [6, 6.07) is 11.1. The van der Waals surface area contributed by atoms with Crippen molar-refractivity contribution in [3.63, 3.8) is 0 Å². The Morgan fingerprint density at radius 1 is 1.33 bits per heavy atom. The largest absolute Gasteiger partial charge is 0.484 e. The van der Waals surface area contributed by atoms with Crippen LogP contribution in [0.1, 0.15) is 5.69 Å². The molecule has 21 heavy (non-hydrogen) atoms. The summed E-state index contributed by atoms with van der Waals surface area (Å²) in [5, 5.41) is 6.97. The molecule has 2 heterocycles. The average Bonchev–Trinajstić information content (AvgIpc) is 2.85. The molecule has 0 unspecified atom stereocenters. The fourth-order valence-corrected chi connectivity index (χ4v) is 1.92. The second-order valence-electron chi connectivity index (χ2n) is 4.58. The zero-order valence-corrected chi connectivity index (χ0v) is 11.5. The molecule has 0 atom stereocenters. The third-order valence-corrected chi connectivity index (χ3v) is 2.83. The van der Waals surface area contributed by atoms with Crippen LogP contribution in [0.3, 0.4) is 0 Å². The maximum atomic E-state index is 11.8. The van der Waals surface area contributed by atoms with Crippen LogP contribution in [0.2, 0.25) is 0 Å². The second kappa shape index (κ2) is 5.62. The quantitative estimate of drug-likeness (QED) is 0.795. The lowest BCUT2D eigenvalue weighted by molar-refractivity contribution is -0.118. The number of nitrogens with one attached hydrogen (secondary N) is 1. The number of rotatable bonds is 4. The Hall–Kier alpha value is -2.89. The zero-order valence-electron chi connectivity index (χ0n) is 11.5. The third-order valence-electron chi connectivity index (χ3n) is 2.83. The Morgan fingerprint density at radius 3 is 2.95 bits per heavy atom. The lowest BCUT2D eigenvalue weighted by Crippen LogP contribution is -2.20. The van der Waals surface area contributed by atoms with Crippen LogP contribution >= 0.6 is 0 Å². The van der Waals surface area contributed by atoms with Crippen molar-refractivity contribution in [3.05, 3.63) is 54.5 Å². The predicted molar refractivity (Wildman–Crippen MR) is 78.3 cm³/mol. The monoisotopic (exact) mass is 282 g/mol. The number of hydrogen-bond acceptors (Lipinski definition) is 4. The highest BCUT2D eigenvalue weighted by atomic mass is 16.5. The minimum Gasteiger partial charge on any atom is -0.484 e. The molecular formula is C15H14N4O2. The summed E-state index contributed by atoms with van der Waals surface area (Å²) in [7, 11) is 0. The van der Waals surface area contributed by atoms with Gasteiger partial charge in [0.15, 0.2) is 12.3 Å². The molecular weight excluding hydrogens is 268 g/mol. The number of para-hydroxylation sites is 1. The van der Waals surface area contributed by atoms with Gasteiger partial charge in [-0.25, -0.2) is 9.50 Å². The first kappa shape index (κ1) is 13.1. The Labute approximate surface area is 121 Å². The Morgan fingerprint density at radius 2 is 2.14 bits per heavy atom. The van der Waals surface area contributed by atoms with Crippen LogP contribution < -0.4 is 10.1 Å². The van der Waals surface area contributed by atoms with Crippen LogP contribution in [0.4, 0.5) is 5.69 Å². The minimum absolute atomic E-state index is 0.0554. The number of carbonyl (C=O) groups excluding carboxylic acids is 1. The molecule has 0 saturated heterocycles. The van der Waals surface area contributed by atoms with Crippen molar-refractivity contribution in [2.75, 3.05) is 11.9 Å². The minimum atomic E-state index is -0.246. The fraction of sp³-hybridized carbons (Fsp3) is 0.133. The van der Waals surface area contributed by atoms with Gasteiger partial charge in [0.1, 0.15) is 5.75 Å². The van der Waals surface area contributed by atoms with Crippen molar-refractivity contribution in [1.29, 1.82) is 0 Å². The zero-order chi connectivity index (χ0) is 14.7. The van der Waals surface area contributed by atoms with Gasteiger partial charge in [0.2, 0.25) is 0 Å². The van der Waals surface area contributed by atoms with Gasteiger partial charge in [-0.1, -0.05) is 18.2 Å². The highest BCUT2D eigenvalue weighted by Gasteiger charge is 2.06. The number of fused-ring (bicyclic) bond motifs is 1. The molecule has 1 amide bonds. The van der Waals surface area contributed by atoms with Crippen LogP contribution in [-0.4, -0.2) is 27.1 Å². The Balaban J connectivity index is 1.63. The smallest absolute Gasteiger partial charge is 0.262 e. The van der Waals surface area contributed by atoms with Crippen LogP contribution in [0.15, 0.2) is 48.8 Å². The Bertz CT molecular complexity index is 768. The predicted octanol–water partition coefficient (Wildman–Crippen LogP) is 2.06. The number of benzene rings is 1. The van der Waals surface area contributed by atoms with E-state index in [0.29, 0.717) is 11.4 Å². The van der Waals surface area contributed by atoms with Gasteiger partial charge >= 0.3 is 0 Å². The van der Waals surface area contributed by atoms with Gasteiger partial charge in [0.05, 0.1) is 23.8 Å². The van der Waals surface area contributed by atoms with Gasteiger partial charge in [-0.2, -0.15) is 5.10 Å². The summed E-state index contributed by atoms with van der Waals surface area (Å²) in [5.41, 5.74) is 2.19. The number of amides is 1. The maximum absolute atomic E-state index is 11.8. The van der Waals surface area contributed by atoms with E-state index in [2.05, 4.69) is 15.4 Å². The molecule has 0 aliphatic heterocycles. The molecule has 3 aromatic rings. The molecule has 0 aliphatic rings. The molecule has 6 nitrogen and oxygen atoms in total. The average molecular weight is 282 g/mol. The number of aryl methyl sites for hydroxylation is 1. The summed E-state index contributed by atoms with van der Waals surface area (Å²) in [6.45, 7) is 1.83. The maximum Gasteiger partial charge on any atom is 0.262 e. The number of hydrogen-bond donors (Lipinski definition) is 1. The third kappa shape index (κ3) is 3.17. The number of aromatic nitrogens is 3. The van der Waals surface area contributed by atoms with Gasteiger partial charge < -0.3 is 10.1 Å². The molecule has 0 bridgehead atoms. The molecule has 0 aliphatic carbocycles. The van der Waals surface area contributed by atoms with Crippen molar-refractivity contribution >= 4 is 17.2 Å². The first-order valence-electron chi connectivity index (χ1n) is 6.50. The summed E-state index contributed by atoms with van der Waals surface area (Å²) < 4.78 is 7.00. The number of carbonyl (C=O) groups is 1. The summed E-state index contributed by atoms with van der Waals surface area (Å²) in [4.78, 5) is 16.1. The van der Waals surface area contributed by atoms with Crippen molar-refractivity contribution in [2.24, 2.45) is 0 Å². The Kier molecular flexibility index (Phi) is 3.51. The van der Waals surface area contributed by atoms with Crippen LogP contribution in [0.25, 0.3) is 5.65 Å². The topological polar surface area (TPSA) is 68.5 Å². The number of anilines is 1. The van der Waals surface area contributed by atoms with Crippen LogP contribution in [0.5, 0.6) is 5.75 Å². The van der Waals surface area contributed by atoms with Gasteiger partial charge in [0.25, 0.3) is 5.91 Å². The van der Waals surface area contributed by atoms with E-state index in [4.69, 9.17) is 4.74 Å². The second-order valence-corrected chi connectivity index (χ2v) is 4.58. The SMILES string of the molecule is Cc1cc2ncc(NC(=O)COc3ccccc3)cn2n1. The molecule has 1 aromatic carbocycles. The van der Waals surface area contributed by atoms with E-state index >= 15 is 0 Å². The van der Waals surface area contributed by atoms with Crippen LogP contribution in [-0.2, 0) is 4.79 Å². The van der Waals surface area contributed by atoms with E-state index in [9.17, 15) is 4.79 Å². The number of nitrogens with zero attached hydrogens (tertiary/aromatic N) is 3. The molecule has 6 heteroatoms. The normalized spacial score (nSPS) is 10.5. The van der Waals surface area contributed by atoms with Crippen LogP contribution in [0, 0.1) is 6.92 Å². The van der Waals surface area contributed by atoms with E-state index in [1.807, 2.05) is 31.2 Å². The van der Waals surface area contributed by atoms with Crippen molar-refractivity contribution in [1.82, 2.24) is 14.6 Å². The van der Waals surface area contributed by atoms with Crippen molar-refractivity contribution < 1.29 is 9.53 Å². The van der Waals surface area contributed by atoms with Gasteiger partial charge in [-0.15, -0.1) is 0 Å². The highest BCUT2D eigenvalue weighted by Crippen LogP contribution is 2.10. The first-order chi connectivity index (χ1) is 10.2. The van der Waals surface area contributed by atoms with E-state index in [0.717, 1.165) is 11.3 Å². The first-order valence-corrected chi connectivity index (χ1v) is 6.50.